The summed E-state index contributed by atoms with van der Waals surface area (Å²) in [7, 11) is 0. The van der Waals surface area contributed by atoms with Crippen LogP contribution in [0.15, 0.2) is 30.3 Å². The maximum atomic E-state index is 11.8. The highest BCUT2D eigenvalue weighted by Gasteiger charge is 2.36. The number of carbonyl (C=O) groups excluding carboxylic acids is 1. The van der Waals surface area contributed by atoms with Gasteiger partial charge in [-0.05, 0) is 19.4 Å². The molecule has 1 saturated heterocycles. The zero-order valence-electron chi connectivity index (χ0n) is 10.1. The summed E-state index contributed by atoms with van der Waals surface area (Å²) in [5.74, 6) is -0.784. The fraction of sp³-hybridized carbons (Fsp3) is 0.462. The number of nitrogens with one attached hydrogen (secondary N) is 1. The first kappa shape index (κ1) is 12.1. The van der Waals surface area contributed by atoms with Crippen LogP contribution in [0.1, 0.15) is 19.4 Å². The van der Waals surface area contributed by atoms with E-state index in [2.05, 4.69) is 5.32 Å². The Labute approximate surface area is 101 Å². The van der Waals surface area contributed by atoms with Crippen molar-refractivity contribution in [1.82, 2.24) is 5.32 Å². The number of amides is 1. The lowest BCUT2D eigenvalue weighted by atomic mass is 10.2. The van der Waals surface area contributed by atoms with Crippen LogP contribution in [0.4, 0.5) is 0 Å². The van der Waals surface area contributed by atoms with Crippen LogP contribution in [0.25, 0.3) is 0 Å². The minimum absolute atomic E-state index is 0.126. The van der Waals surface area contributed by atoms with Crippen molar-refractivity contribution < 1.29 is 14.3 Å². The average molecular weight is 235 g/mol. The Balaban J connectivity index is 1.83. The summed E-state index contributed by atoms with van der Waals surface area (Å²) in [4.78, 5) is 11.8. The van der Waals surface area contributed by atoms with E-state index in [4.69, 9.17) is 9.47 Å². The molecule has 0 aliphatic carbocycles. The van der Waals surface area contributed by atoms with Gasteiger partial charge in [0.2, 0.25) is 0 Å². The van der Waals surface area contributed by atoms with Crippen molar-refractivity contribution in [3.63, 3.8) is 0 Å². The van der Waals surface area contributed by atoms with Crippen LogP contribution in [0.2, 0.25) is 0 Å². The van der Waals surface area contributed by atoms with Crippen molar-refractivity contribution in [2.24, 2.45) is 0 Å². The third-order valence-corrected chi connectivity index (χ3v) is 2.61. The number of rotatable bonds is 3. The first-order valence-corrected chi connectivity index (χ1v) is 5.70. The van der Waals surface area contributed by atoms with E-state index in [0.29, 0.717) is 13.2 Å². The zero-order valence-corrected chi connectivity index (χ0v) is 10.1. The molecule has 1 heterocycles. The number of hydrogen-bond donors (Lipinski definition) is 1. The van der Waals surface area contributed by atoms with Crippen LogP contribution >= 0.6 is 0 Å². The lowest BCUT2D eigenvalue weighted by molar-refractivity contribution is -0.153. The third kappa shape index (κ3) is 3.28. The van der Waals surface area contributed by atoms with E-state index in [9.17, 15) is 4.79 Å². The van der Waals surface area contributed by atoms with Gasteiger partial charge in [-0.3, -0.25) is 4.79 Å². The Morgan fingerprint density at radius 1 is 1.41 bits per heavy atom. The first-order chi connectivity index (χ1) is 8.07. The number of hydrogen-bond acceptors (Lipinski definition) is 3. The molecule has 1 N–H and O–H groups in total. The topological polar surface area (TPSA) is 47.6 Å². The molecule has 4 nitrogen and oxygen atoms in total. The Morgan fingerprint density at radius 3 is 2.71 bits per heavy atom. The maximum absolute atomic E-state index is 11.8. The van der Waals surface area contributed by atoms with Crippen LogP contribution in [-0.4, -0.2) is 24.4 Å². The second kappa shape index (κ2) is 4.85. The molecule has 0 bridgehead atoms. The lowest BCUT2D eigenvalue weighted by Gasteiger charge is -2.16. The van der Waals surface area contributed by atoms with E-state index >= 15 is 0 Å². The highest BCUT2D eigenvalue weighted by Crippen LogP contribution is 2.22. The van der Waals surface area contributed by atoms with Crippen LogP contribution in [0, 0.1) is 0 Å². The maximum Gasteiger partial charge on any atom is 0.251 e. The predicted octanol–water partition coefficient (Wildman–Crippen LogP) is 1.45. The summed E-state index contributed by atoms with van der Waals surface area (Å²) in [5.41, 5.74) is 1.07. The van der Waals surface area contributed by atoms with Gasteiger partial charge in [-0.2, -0.15) is 0 Å². The molecule has 0 aromatic heterocycles. The molecule has 2 rings (SSSR count). The largest absolute Gasteiger partial charge is 0.350 e. The summed E-state index contributed by atoms with van der Waals surface area (Å²) in [6, 6.07) is 9.77. The quantitative estimate of drug-likeness (QED) is 0.862. The normalized spacial score (nSPS) is 22.4. The molecular weight excluding hydrogens is 218 g/mol. The Morgan fingerprint density at radius 2 is 2.12 bits per heavy atom. The van der Waals surface area contributed by atoms with Crippen LogP contribution in [0.5, 0.6) is 0 Å². The number of ether oxygens (including phenoxy) is 2. The van der Waals surface area contributed by atoms with Crippen LogP contribution < -0.4 is 5.32 Å². The molecule has 4 heteroatoms. The highest BCUT2D eigenvalue weighted by atomic mass is 16.7. The summed E-state index contributed by atoms with van der Waals surface area (Å²) < 4.78 is 10.8. The Bertz CT molecular complexity index is 389. The van der Waals surface area contributed by atoms with Crippen LogP contribution in [0.3, 0.4) is 0 Å². The second-order valence-corrected chi connectivity index (χ2v) is 4.52. The smallest absolute Gasteiger partial charge is 0.251 e. The predicted molar refractivity (Wildman–Crippen MR) is 63.2 cm³/mol. The van der Waals surface area contributed by atoms with Crippen LogP contribution in [-0.2, 0) is 20.8 Å². The molecule has 1 aliphatic heterocycles. The standard InChI is InChI=1S/C13H17NO3/c1-13(2)16-9-11(17-13)12(15)14-8-10-6-4-3-5-7-10/h3-7,11H,8-9H2,1-2H3,(H,14,15)/t11-/m0/s1. The van der Waals surface area contributed by atoms with Gasteiger partial charge in [0.25, 0.3) is 5.91 Å². The van der Waals surface area contributed by atoms with Gasteiger partial charge >= 0.3 is 0 Å². The highest BCUT2D eigenvalue weighted by molar-refractivity contribution is 5.81. The minimum atomic E-state index is -0.658. The van der Waals surface area contributed by atoms with E-state index in [-0.39, 0.29) is 5.91 Å². The molecular formula is C13H17NO3. The molecule has 0 radical (unpaired) electrons. The first-order valence-electron chi connectivity index (χ1n) is 5.70. The number of benzene rings is 1. The zero-order chi connectivity index (χ0) is 12.3. The molecule has 0 unspecified atom stereocenters. The summed E-state index contributed by atoms with van der Waals surface area (Å²) in [6.45, 7) is 4.43. The molecule has 1 atom stereocenters. The van der Waals surface area contributed by atoms with E-state index in [0.717, 1.165) is 5.56 Å². The van der Waals surface area contributed by atoms with Gasteiger partial charge in [-0.15, -0.1) is 0 Å². The van der Waals surface area contributed by atoms with Crippen molar-refractivity contribution in [3.8, 4) is 0 Å². The molecule has 0 saturated carbocycles. The van der Waals surface area contributed by atoms with Crippen molar-refractivity contribution >= 4 is 5.91 Å². The summed E-state index contributed by atoms with van der Waals surface area (Å²) in [6.07, 6.45) is -0.506. The molecule has 1 amide bonds. The van der Waals surface area contributed by atoms with E-state index in [1.54, 1.807) is 13.8 Å². The molecule has 92 valence electrons. The van der Waals surface area contributed by atoms with Crippen molar-refractivity contribution in [1.29, 1.82) is 0 Å². The second-order valence-electron chi connectivity index (χ2n) is 4.52. The van der Waals surface area contributed by atoms with Gasteiger partial charge in [0.05, 0.1) is 6.61 Å². The van der Waals surface area contributed by atoms with Gasteiger partial charge in [-0.1, -0.05) is 30.3 Å². The monoisotopic (exact) mass is 235 g/mol. The summed E-state index contributed by atoms with van der Waals surface area (Å²) in [5, 5.41) is 2.83. The molecule has 1 aliphatic rings. The fourth-order valence-electron chi connectivity index (χ4n) is 1.72. The minimum Gasteiger partial charge on any atom is -0.350 e. The number of carbonyl (C=O) groups is 1. The molecule has 17 heavy (non-hydrogen) atoms. The van der Waals surface area contributed by atoms with E-state index < -0.39 is 11.9 Å². The van der Waals surface area contributed by atoms with E-state index in [1.165, 1.54) is 0 Å². The van der Waals surface area contributed by atoms with E-state index in [1.807, 2.05) is 30.3 Å². The van der Waals surface area contributed by atoms with Gasteiger partial charge in [-0.25, -0.2) is 0 Å². The molecule has 0 spiro atoms. The third-order valence-electron chi connectivity index (χ3n) is 2.61. The molecule has 1 aromatic carbocycles. The Kier molecular flexibility index (Phi) is 3.45. The van der Waals surface area contributed by atoms with Crippen molar-refractivity contribution in [2.45, 2.75) is 32.3 Å². The molecule has 1 aromatic rings. The van der Waals surface area contributed by atoms with Crippen molar-refractivity contribution in [3.05, 3.63) is 35.9 Å². The summed E-state index contributed by atoms with van der Waals surface area (Å²) >= 11 is 0. The Hall–Kier alpha value is -1.39. The van der Waals surface area contributed by atoms with Crippen molar-refractivity contribution in [2.75, 3.05) is 6.61 Å². The van der Waals surface area contributed by atoms with Gasteiger partial charge in [0, 0.05) is 6.54 Å². The van der Waals surface area contributed by atoms with Gasteiger partial charge in [0.15, 0.2) is 11.9 Å². The average Bonchev–Trinajstić information content (AvgIpc) is 2.68. The van der Waals surface area contributed by atoms with Gasteiger partial charge < -0.3 is 14.8 Å². The van der Waals surface area contributed by atoms with Gasteiger partial charge in [0.1, 0.15) is 0 Å². The molecule has 1 fully saturated rings. The fourth-order valence-corrected chi connectivity index (χ4v) is 1.72. The SMILES string of the molecule is CC1(C)OC[C@@H](C(=O)NCc2ccccc2)O1. The lowest BCUT2D eigenvalue weighted by Crippen LogP contribution is -2.36.